The molecule has 0 saturated carbocycles. The molecule has 1 fully saturated rings. The standard InChI is InChI=1S/C26H27N5O2/c1-19-6-9-22(10-7-19)33-17-25-29-23-4-2-3-5-24(23)31(25)21-12-14-30(15-13-21)26(32)11-8-20-16-27-18-28-20/h2-11,16,18,21H,12-15,17H2,1H3,(H,27,28)/b11-8+. The van der Waals surface area contributed by atoms with Crippen LogP contribution >= 0.6 is 0 Å². The molecular formula is C26H27N5O2. The van der Waals surface area contributed by atoms with Crippen molar-refractivity contribution in [2.75, 3.05) is 13.1 Å². The lowest BCUT2D eigenvalue weighted by atomic mass is 10.0. The lowest BCUT2D eigenvalue weighted by Crippen LogP contribution is -2.38. The van der Waals surface area contributed by atoms with Crippen LogP contribution in [-0.2, 0) is 11.4 Å². The van der Waals surface area contributed by atoms with Gasteiger partial charge in [0.2, 0.25) is 5.91 Å². The van der Waals surface area contributed by atoms with Crippen LogP contribution in [0.5, 0.6) is 5.75 Å². The number of aromatic amines is 1. The Morgan fingerprint density at radius 3 is 2.70 bits per heavy atom. The average Bonchev–Trinajstić information content (AvgIpc) is 3.50. The van der Waals surface area contributed by atoms with Crippen molar-refractivity contribution in [2.45, 2.75) is 32.4 Å². The van der Waals surface area contributed by atoms with E-state index in [0.717, 1.165) is 41.1 Å². The molecule has 7 heteroatoms. The molecule has 0 bridgehead atoms. The number of benzene rings is 2. The van der Waals surface area contributed by atoms with Gasteiger partial charge in [-0.15, -0.1) is 0 Å². The number of fused-ring (bicyclic) bond motifs is 1. The van der Waals surface area contributed by atoms with Crippen molar-refractivity contribution < 1.29 is 9.53 Å². The average molecular weight is 442 g/mol. The molecule has 7 nitrogen and oxygen atoms in total. The molecule has 168 valence electrons. The first-order valence-electron chi connectivity index (χ1n) is 11.3. The van der Waals surface area contributed by atoms with Gasteiger partial charge in [0.1, 0.15) is 18.2 Å². The molecule has 1 amide bonds. The number of carbonyl (C=O) groups excluding carboxylic acids is 1. The third-order valence-electron chi connectivity index (χ3n) is 6.12. The van der Waals surface area contributed by atoms with Crippen LogP contribution in [0.4, 0.5) is 0 Å². The topological polar surface area (TPSA) is 76.0 Å². The number of para-hydroxylation sites is 2. The number of H-pyrrole nitrogens is 1. The predicted molar refractivity (Wildman–Crippen MR) is 128 cm³/mol. The number of aryl methyl sites for hydroxylation is 1. The van der Waals surface area contributed by atoms with Crippen molar-refractivity contribution >= 4 is 23.0 Å². The fraction of sp³-hybridized carbons (Fsp3) is 0.269. The molecule has 2 aromatic heterocycles. The van der Waals surface area contributed by atoms with Crippen molar-refractivity contribution in [3.05, 3.63) is 84.2 Å². The first kappa shape index (κ1) is 21.0. The smallest absolute Gasteiger partial charge is 0.246 e. The summed E-state index contributed by atoms with van der Waals surface area (Å²) in [5, 5.41) is 0. The van der Waals surface area contributed by atoms with Crippen molar-refractivity contribution in [1.82, 2.24) is 24.4 Å². The van der Waals surface area contributed by atoms with Crippen LogP contribution in [-0.4, -0.2) is 43.4 Å². The number of nitrogens with one attached hydrogen (secondary N) is 1. The minimum Gasteiger partial charge on any atom is -0.486 e. The van der Waals surface area contributed by atoms with Crippen LogP contribution in [0.3, 0.4) is 0 Å². The predicted octanol–water partition coefficient (Wildman–Crippen LogP) is 4.52. The van der Waals surface area contributed by atoms with E-state index in [9.17, 15) is 4.79 Å². The molecule has 0 unspecified atom stereocenters. The highest BCUT2D eigenvalue weighted by Gasteiger charge is 2.26. The summed E-state index contributed by atoms with van der Waals surface area (Å²) in [6.07, 6.45) is 8.43. The van der Waals surface area contributed by atoms with Crippen LogP contribution < -0.4 is 4.74 Å². The van der Waals surface area contributed by atoms with E-state index in [1.807, 2.05) is 47.4 Å². The second-order valence-electron chi connectivity index (χ2n) is 8.39. The Morgan fingerprint density at radius 2 is 1.94 bits per heavy atom. The number of hydrogen-bond acceptors (Lipinski definition) is 4. The number of ether oxygens (including phenoxy) is 1. The lowest BCUT2D eigenvalue weighted by Gasteiger charge is -2.33. The summed E-state index contributed by atoms with van der Waals surface area (Å²) in [6.45, 7) is 3.89. The maximum Gasteiger partial charge on any atom is 0.246 e. The Hall–Kier alpha value is -3.87. The van der Waals surface area contributed by atoms with E-state index >= 15 is 0 Å². The molecule has 2 aromatic carbocycles. The molecule has 0 atom stereocenters. The van der Waals surface area contributed by atoms with Crippen LogP contribution in [0.2, 0.25) is 0 Å². The summed E-state index contributed by atoms with van der Waals surface area (Å²) >= 11 is 0. The van der Waals surface area contributed by atoms with Crippen molar-refractivity contribution in [3.63, 3.8) is 0 Å². The van der Waals surface area contributed by atoms with Gasteiger partial charge in [0.25, 0.3) is 0 Å². The van der Waals surface area contributed by atoms with E-state index in [-0.39, 0.29) is 11.9 Å². The Labute approximate surface area is 192 Å². The number of nitrogens with zero attached hydrogens (tertiary/aromatic N) is 4. The van der Waals surface area contributed by atoms with Gasteiger partial charge >= 0.3 is 0 Å². The summed E-state index contributed by atoms with van der Waals surface area (Å²) in [5.41, 5.74) is 4.11. The van der Waals surface area contributed by atoms with E-state index in [0.29, 0.717) is 19.7 Å². The summed E-state index contributed by atoms with van der Waals surface area (Å²) in [4.78, 5) is 26.3. The Balaban J connectivity index is 1.30. The monoisotopic (exact) mass is 441 g/mol. The van der Waals surface area contributed by atoms with Crippen LogP contribution in [0.15, 0.2) is 67.1 Å². The zero-order chi connectivity index (χ0) is 22.6. The van der Waals surface area contributed by atoms with Gasteiger partial charge in [-0.2, -0.15) is 0 Å². The number of carbonyl (C=O) groups is 1. The van der Waals surface area contributed by atoms with Crippen molar-refractivity contribution in [1.29, 1.82) is 0 Å². The molecule has 4 aromatic rings. The summed E-state index contributed by atoms with van der Waals surface area (Å²) in [6, 6.07) is 16.6. The van der Waals surface area contributed by atoms with E-state index in [2.05, 4.69) is 27.5 Å². The van der Waals surface area contributed by atoms with Gasteiger partial charge in [0.15, 0.2) is 0 Å². The first-order chi connectivity index (χ1) is 16.2. The highest BCUT2D eigenvalue weighted by atomic mass is 16.5. The van der Waals surface area contributed by atoms with Crippen molar-refractivity contribution in [3.8, 4) is 5.75 Å². The quantitative estimate of drug-likeness (QED) is 0.446. The fourth-order valence-electron chi connectivity index (χ4n) is 4.35. The van der Waals surface area contributed by atoms with Gasteiger partial charge in [-0.1, -0.05) is 29.8 Å². The maximum atomic E-state index is 12.6. The number of rotatable bonds is 6. The molecule has 3 heterocycles. The van der Waals surface area contributed by atoms with Crippen LogP contribution in [0.25, 0.3) is 17.1 Å². The molecule has 1 saturated heterocycles. The highest BCUT2D eigenvalue weighted by Crippen LogP contribution is 2.29. The van der Waals surface area contributed by atoms with Crippen LogP contribution in [0, 0.1) is 6.92 Å². The number of amides is 1. The van der Waals surface area contributed by atoms with E-state index < -0.39 is 0 Å². The molecule has 0 aliphatic carbocycles. The first-order valence-corrected chi connectivity index (χ1v) is 11.3. The molecule has 1 aliphatic heterocycles. The van der Waals surface area contributed by atoms with Gasteiger partial charge in [0.05, 0.1) is 29.3 Å². The number of likely N-dealkylation sites (tertiary alicyclic amines) is 1. The summed E-state index contributed by atoms with van der Waals surface area (Å²) in [5.74, 6) is 1.78. The number of hydrogen-bond donors (Lipinski definition) is 1. The Bertz CT molecular complexity index is 1250. The summed E-state index contributed by atoms with van der Waals surface area (Å²) in [7, 11) is 0. The number of aromatic nitrogens is 4. The molecule has 5 rings (SSSR count). The van der Waals surface area contributed by atoms with E-state index in [1.165, 1.54) is 5.56 Å². The molecular weight excluding hydrogens is 414 g/mol. The number of piperidine rings is 1. The van der Waals surface area contributed by atoms with Crippen LogP contribution in [0.1, 0.15) is 36.0 Å². The Kier molecular flexibility index (Phi) is 5.93. The number of imidazole rings is 2. The lowest BCUT2D eigenvalue weighted by molar-refractivity contribution is -0.127. The van der Waals surface area contributed by atoms with Gasteiger partial charge in [-0.25, -0.2) is 9.97 Å². The zero-order valence-corrected chi connectivity index (χ0v) is 18.6. The fourth-order valence-corrected chi connectivity index (χ4v) is 4.35. The van der Waals surface area contributed by atoms with Gasteiger partial charge in [0, 0.05) is 25.2 Å². The molecule has 1 aliphatic rings. The highest BCUT2D eigenvalue weighted by molar-refractivity contribution is 5.91. The minimum atomic E-state index is 0.0291. The molecule has 1 N–H and O–H groups in total. The minimum absolute atomic E-state index is 0.0291. The second-order valence-corrected chi connectivity index (χ2v) is 8.39. The second kappa shape index (κ2) is 9.32. The van der Waals surface area contributed by atoms with Gasteiger partial charge in [-0.05, 0) is 50.1 Å². The van der Waals surface area contributed by atoms with Gasteiger partial charge in [-0.3, -0.25) is 4.79 Å². The third-order valence-corrected chi connectivity index (χ3v) is 6.12. The van der Waals surface area contributed by atoms with Crippen molar-refractivity contribution in [2.24, 2.45) is 0 Å². The molecule has 0 spiro atoms. The van der Waals surface area contributed by atoms with E-state index in [1.54, 1.807) is 24.7 Å². The van der Waals surface area contributed by atoms with Gasteiger partial charge < -0.3 is 19.2 Å². The SMILES string of the molecule is Cc1ccc(OCc2nc3ccccc3n2C2CCN(C(=O)/C=C/c3cnc[nH]3)CC2)cc1. The zero-order valence-electron chi connectivity index (χ0n) is 18.6. The molecule has 33 heavy (non-hydrogen) atoms. The normalized spacial score (nSPS) is 14.9. The largest absolute Gasteiger partial charge is 0.486 e. The summed E-state index contributed by atoms with van der Waals surface area (Å²) < 4.78 is 8.38. The molecule has 0 radical (unpaired) electrons. The van der Waals surface area contributed by atoms with E-state index in [4.69, 9.17) is 9.72 Å². The Morgan fingerprint density at radius 1 is 1.15 bits per heavy atom. The third kappa shape index (κ3) is 4.67. The maximum absolute atomic E-state index is 12.6.